The number of benzene rings is 1. The van der Waals surface area contributed by atoms with E-state index in [0.29, 0.717) is 12.0 Å². The first kappa shape index (κ1) is 26.7. The highest BCUT2D eigenvalue weighted by Gasteiger charge is 2.20. The summed E-state index contributed by atoms with van der Waals surface area (Å²) in [4.78, 5) is 4.30. The van der Waals surface area contributed by atoms with Crippen molar-refractivity contribution in [2.75, 3.05) is 0 Å². The van der Waals surface area contributed by atoms with Gasteiger partial charge in [0.05, 0.1) is 12.4 Å². The van der Waals surface area contributed by atoms with Gasteiger partial charge in [0.25, 0.3) is 0 Å². The minimum absolute atomic E-state index is 0.398. The van der Waals surface area contributed by atoms with E-state index in [9.17, 15) is 0 Å². The zero-order valence-corrected chi connectivity index (χ0v) is 21.4. The van der Waals surface area contributed by atoms with Gasteiger partial charge in [-0.25, -0.2) is 4.98 Å². The Balaban J connectivity index is 1.76. The molecule has 0 aliphatic heterocycles. The van der Waals surface area contributed by atoms with Crippen LogP contribution in [0.15, 0.2) is 43.0 Å². The van der Waals surface area contributed by atoms with Gasteiger partial charge in [0.15, 0.2) is 0 Å². The van der Waals surface area contributed by atoms with Gasteiger partial charge in [-0.3, -0.25) is 0 Å². The molecule has 0 aliphatic carbocycles. The van der Waals surface area contributed by atoms with Crippen LogP contribution < -0.4 is 0 Å². The van der Waals surface area contributed by atoms with Crippen molar-refractivity contribution in [2.24, 2.45) is 0 Å². The lowest BCUT2D eigenvalue weighted by Crippen LogP contribution is -2.12. The lowest BCUT2D eigenvalue weighted by molar-refractivity contribution is 0.492. The first-order valence-corrected chi connectivity index (χ1v) is 13.9. The molecule has 0 amide bonds. The smallest absolute Gasteiger partial charge is 0.0951 e. The maximum absolute atomic E-state index is 4.30. The molecule has 1 aromatic carbocycles. The van der Waals surface area contributed by atoms with Gasteiger partial charge in [0, 0.05) is 12.4 Å². The molecule has 0 spiro atoms. The molecular weight excluding hydrogens is 388 g/mol. The van der Waals surface area contributed by atoms with Crippen molar-refractivity contribution in [2.45, 2.75) is 135 Å². The Kier molecular flexibility index (Phi) is 14.2. The van der Waals surface area contributed by atoms with Crippen LogP contribution >= 0.6 is 0 Å². The fraction of sp³-hybridized carbons (Fsp3) is 0.700. The molecule has 2 heteroatoms. The van der Waals surface area contributed by atoms with Gasteiger partial charge >= 0.3 is 0 Å². The van der Waals surface area contributed by atoms with Crippen molar-refractivity contribution in [3.05, 3.63) is 54.1 Å². The molecular formula is C30H50N2. The molecule has 0 bridgehead atoms. The number of hydrogen-bond donors (Lipinski definition) is 0. The van der Waals surface area contributed by atoms with E-state index < -0.39 is 0 Å². The lowest BCUT2D eigenvalue weighted by Gasteiger charge is -2.25. The van der Waals surface area contributed by atoms with Crippen molar-refractivity contribution < 1.29 is 0 Å². The van der Waals surface area contributed by atoms with Crippen molar-refractivity contribution in [3.63, 3.8) is 0 Å². The number of nitrogens with zero attached hydrogens (tertiary/aromatic N) is 2. The second-order valence-electron chi connectivity index (χ2n) is 9.73. The molecule has 180 valence electrons. The predicted octanol–water partition coefficient (Wildman–Crippen LogP) is 9.86. The molecule has 2 atom stereocenters. The van der Waals surface area contributed by atoms with Gasteiger partial charge in [0.1, 0.15) is 0 Å². The minimum atomic E-state index is 0.398. The summed E-state index contributed by atoms with van der Waals surface area (Å²) < 4.78 is 2.28. The first-order chi connectivity index (χ1) is 15.8. The quantitative estimate of drug-likeness (QED) is 0.199. The van der Waals surface area contributed by atoms with Crippen LogP contribution in [0.4, 0.5) is 0 Å². The Morgan fingerprint density at radius 1 is 0.688 bits per heavy atom. The monoisotopic (exact) mass is 438 g/mol. The fourth-order valence-corrected chi connectivity index (χ4v) is 5.27. The van der Waals surface area contributed by atoms with Gasteiger partial charge in [0.2, 0.25) is 0 Å². The molecule has 2 rings (SSSR count). The zero-order valence-electron chi connectivity index (χ0n) is 21.4. The Morgan fingerprint density at radius 2 is 1.28 bits per heavy atom. The molecule has 0 radical (unpaired) electrons. The largest absolute Gasteiger partial charge is 0.330 e. The minimum Gasteiger partial charge on any atom is -0.330 e. The van der Waals surface area contributed by atoms with E-state index in [4.69, 9.17) is 0 Å². The van der Waals surface area contributed by atoms with E-state index >= 15 is 0 Å². The summed E-state index contributed by atoms with van der Waals surface area (Å²) >= 11 is 0. The number of imidazole rings is 1. The Labute approximate surface area is 199 Å². The molecule has 1 aromatic heterocycles. The van der Waals surface area contributed by atoms with E-state index in [1.165, 1.54) is 102 Å². The van der Waals surface area contributed by atoms with Crippen LogP contribution in [-0.4, -0.2) is 9.55 Å². The van der Waals surface area contributed by atoms with Gasteiger partial charge in [-0.05, 0) is 36.3 Å². The third kappa shape index (κ3) is 9.51. The molecule has 1 unspecified atom stereocenters. The topological polar surface area (TPSA) is 17.8 Å². The fourth-order valence-electron chi connectivity index (χ4n) is 5.27. The third-order valence-electron chi connectivity index (χ3n) is 7.11. The molecule has 0 fully saturated rings. The summed E-state index contributed by atoms with van der Waals surface area (Å²) in [6.45, 7) is 6.93. The van der Waals surface area contributed by atoms with Crippen molar-refractivity contribution in [1.82, 2.24) is 9.55 Å². The SMILES string of the molecule is CCCCCCCCCCCCCC[C@H](CCC)c1ccccc1C(CC)n1ccnc1. The van der Waals surface area contributed by atoms with Crippen molar-refractivity contribution in [3.8, 4) is 0 Å². The number of aromatic nitrogens is 2. The van der Waals surface area contributed by atoms with E-state index in [2.05, 4.69) is 60.8 Å². The maximum atomic E-state index is 4.30. The third-order valence-corrected chi connectivity index (χ3v) is 7.11. The van der Waals surface area contributed by atoms with Crippen molar-refractivity contribution >= 4 is 0 Å². The van der Waals surface area contributed by atoms with Crippen molar-refractivity contribution in [1.29, 1.82) is 0 Å². The normalized spacial score (nSPS) is 13.3. The second-order valence-corrected chi connectivity index (χ2v) is 9.73. The van der Waals surface area contributed by atoms with Gasteiger partial charge in [-0.15, -0.1) is 0 Å². The second kappa shape index (κ2) is 17.0. The zero-order chi connectivity index (χ0) is 22.9. The standard InChI is InChI=1S/C30H50N2/c1-4-7-8-9-10-11-12-13-14-15-16-17-21-27(20-5-2)28-22-18-19-23-29(28)30(6-3)32-25-24-31-26-32/h18-19,22-27,30H,4-17,20-21H2,1-3H3/t27-,30?/m0/s1. The summed E-state index contributed by atoms with van der Waals surface area (Å²) in [6, 6.07) is 9.61. The molecule has 0 N–H and O–H groups in total. The number of hydrogen-bond acceptors (Lipinski definition) is 1. The van der Waals surface area contributed by atoms with Crippen LogP contribution in [0, 0.1) is 0 Å². The van der Waals surface area contributed by atoms with Gasteiger partial charge in [-0.2, -0.15) is 0 Å². The molecule has 0 saturated heterocycles. The van der Waals surface area contributed by atoms with Crippen LogP contribution in [0.3, 0.4) is 0 Å². The van der Waals surface area contributed by atoms with E-state index in [1.54, 1.807) is 5.56 Å². The van der Waals surface area contributed by atoms with Gasteiger partial charge < -0.3 is 4.57 Å². The highest BCUT2D eigenvalue weighted by molar-refractivity contribution is 5.33. The molecule has 0 saturated carbocycles. The summed E-state index contributed by atoms with van der Waals surface area (Å²) in [5.41, 5.74) is 3.09. The van der Waals surface area contributed by atoms with Crippen LogP contribution in [0.5, 0.6) is 0 Å². The highest BCUT2D eigenvalue weighted by atomic mass is 15.0. The predicted molar refractivity (Wildman–Crippen MR) is 140 cm³/mol. The van der Waals surface area contributed by atoms with E-state index in [1.807, 2.05) is 12.5 Å². The summed E-state index contributed by atoms with van der Waals surface area (Å²) in [7, 11) is 0. The molecule has 2 nitrogen and oxygen atoms in total. The Morgan fingerprint density at radius 3 is 1.81 bits per heavy atom. The average Bonchev–Trinajstić information content (AvgIpc) is 3.34. The molecule has 2 aromatic rings. The Bertz CT molecular complexity index is 676. The Hall–Kier alpha value is -1.57. The summed E-state index contributed by atoms with van der Waals surface area (Å²) in [5, 5.41) is 0. The average molecular weight is 439 g/mol. The maximum Gasteiger partial charge on any atom is 0.0951 e. The summed E-state index contributed by atoms with van der Waals surface area (Å²) in [6.07, 6.45) is 28.1. The number of rotatable bonds is 19. The first-order valence-electron chi connectivity index (χ1n) is 13.9. The van der Waals surface area contributed by atoms with E-state index in [-0.39, 0.29) is 0 Å². The van der Waals surface area contributed by atoms with Gasteiger partial charge in [-0.1, -0.05) is 129 Å². The van der Waals surface area contributed by atoms with Crippen LogP contribution in [0.2, 0.25) is 0 Å². The van der Waals surface area contributed by atoms with E-state index in [0.717, 1.165) is 6.42 Å². The highest BCUT2D eigenvalue weighted by Crippen LogP contribution is 2.35. The number of unbranched alkanes of at least 4 members (excludes halogenated alkanes) is 11. The molecule has 32 heavy (non-hydrogen) atoms. The summed E-state index contributed by atoms with van der Waals surface area (Å²) in [5.74, 6) is 0.692. The lowest BCUT2D eigenvalue weighted by atomic mass is 9.84. The van der Waals surface area contributed by atoms with Crippen LogP contribution in [0.25, 0.3) is 0 Å². The van der Waals surface area contributed by atoms with Crippen LogP contribution in [-0.2, 0) is 0 Å². The molecule has 0 aliphatic rings. The molecule has 1 heterocycles. The van der Waals surface area contributed by atoms with Crippen LogP contribution in [0.1, 0.15) is 147 Å².